The number of benzene rings is 2. The third-order valence-corrected chi connectivity index (χ3v) is 4.19. The lowest BCUT2D eigenvalue weighted by Gasteiger charge is -2.25. The van der Waals surface area contributed by atoms with Crippen LogP contribution in [0.15, 0.2) is 42.5 Å². The van der Waals surface area contributed by atoms with Crippen LogP contribution in [0.5, 0.6) is 0 Å². The van der Waals surface area contributed by atoms with E-state index in [4.69, 9.17) is 0 Å². The highest BCUT2D eigenvalue weighted by atomic mass is 19.2. The summed E-state index contributed by atoms with van der Waals surface area (Å²) in [7, 11) is 0. The van der Waals surface area contributed by atoms with E-state index in [1.165, 1.54) is 37.0 Å². The SMILES string of the molecule is O=C(Cc1cccc(F)c1F)c1ccc(C2CCC2)cc1. The first-order valence-corrected chi connectivity index (χ1v) is 7.21. The van der Waals surface area contributed by atoms with Gasteiger partial charge in [0.25, 0.3) is 0 Å². The number of hydrogen-bond donors (Lipinski definition) is 0. The van der Waals surface area contributed by atoms with Crippen LogP contribution in [0.1, 0.15) is 46.7 Å². The van der Waals surface area contributed by atoms with Gasteiger partial charge in [-0.25, -0.2) is 8.78 Å². The highest BCUT2D eigenvalue weighted by molar-refractivity contribution is 5.97. The van der Waals surface area contributed by atoms with Gasteiger partial charge in [-0.05, 0) is 36.0 Å². The highest BCUT2D eigenvalue weighted by Crippen LogP contribution is 2.36. The summed E-state index contributed by atoms with van der Waals surface area (Å²) in [6.07, 6.45) is 3.57. The highest BCUT2D eigenvalue weighted by Gasteiger charge is 2.19. The van der Waals surface area contributed by atoms with E-state index >= 15 is 0 Å². The van der Waals surface area contributed by atoms with Crippen molar-refractivity contribution in [3.63, 3.8) is 0 Å². The topological polar surface area (TPSA) is 17.1 Å². The van der Waals surface area contributed by atoms with Gasteiger partial charge in [0.05, 0.1) is 0 Å². The molecule has 1 nitrogen and oxygen atoms in total. The number of carbonyl (C=O) groups excluding carboxylic acids is 1. The largest absolute Gasteiger partial charge is 0.294 e. The molecule has 0 heterocycles. The van der Waals surface area contributed by atoms with Gasteiger partial charge in [0, 0.05) is 12.0 Å². The molecule has 2 aromatic rings. The van der Waals surface area contributed by atoms with Gasteiger partial charge in [-0.2, -0.15) is 0 Å². The van der Waals surface area contributed by atoms with Crippen LogP contribution >= 0.6 is 0 Å². The van der Waals surface area contributed by atoms with Crippen molar-refractivity contribution in [2.75, 3.05) is 0 Å². The molecule has 0 amide bonds. The Hall–Kier alpha value is -2.03. The van der Waals surface area contributed by atoms with Gasteiger partial charge in [-0.15, -0.1) is 0 Å². The summed E-state index contributed by atoms with van der Waals surface area (Å²) in [5.74, 6) is -1.42. The fraction of sp³-hybridized carbons (Fsp3) is 0.278. The van der Waals surface area contributed by atoms with Crippen LogP contribution in [-0.2, 0) is 6.42 Å². The van der Waals surface area contributed by atoms with E-state index < -0.39 is 11.6 Å². The lowest BCUT2D eigenvalue weighted by atomic mass is 9.80. The summed E-state index contributed by atoms with van der Waals surface area (Å²) >= 11 is 0. The first-order chi connectivity index (χ1) is 10.1. The molecule has 0 N–H and O–H groups in total. The van der Waals surface area contributed by atoms with Crippen LogP contribution in [0.2, 0.25) is 0 Å². The van der Waals surface area contributed by atoms with Crippen molar-refractivity contribution in [1.82, 2.24) is 0 Å². The normalized spacial score (nSPS) is 14.8. The molecule has 0 atom stereocenters. The predicted molar refractivity (Wildman–Crippen MR) is 77.4 cm³/mol. The van der Waals surface area contributed by atoms with Gasteiger partial charge in [0.15, 0.2) is 17.4 Å². The van der Waals surface area contributed by atoms with Crippen LogP contribution in [0.3, 0.4) is 0 Å². The van der Waals surface area contributed by atoms with Gasteiger partial charge in [-0.3, -0.25) is 4.79 Å². The molecule has 0 aromatic heterocycles. The summed E-state index contributed by atoms with van der Waals surface area (Å²) in [4.78, 5) is 12.2. The summed E-state index contributed by atoms with van der Waals surface area (Å²) in [6.45, 7) is 0. The molecule has 1 saturated carbocycles. The summed E-state index contributed by atoms with van der Waals surface area (Å²) in [5.41, 5.74) is 1.90. The lowest BCUT2D eigenvalue weighted by Crippen LogP contribution is -2.10. The van der Waals surface area contributed by atoms with Crippen molar-refractivity contribution in [1.29, 1.82) is 0 Å². The lowest BCUT2D eigenvalue weighted by molar-refractivity contribution is 0.0991. The van der Waals surface area contributed by atoms with E-state index in [9.17, 15) is 13.6 Å². The minimum atomic E-state index is -0.933. The monoisotopic (exact) mass is 286 g/mol. The molecule has 108 valence electrons. The van der Waals surface area contributed by atoms with Crippen molar-refractivity contribution in [3.05, 3.63) is 70.8 Å². The van der Waals surface area contributed by atoms with E-state index in [1.54, 1.807) is 12.1 Å². The molecular formula is C18H16F2O. The van der Waals surface area contributed by atoms with Crippen LogP contribution in [0.4, 0.5) is 8.78 Å². The van der Waals surface area contributed by atoms with Gasteiger partial charge >= 0.3 is 0 Å². The van der Waals surface area contributed by atoms with E-state index in [1.807, 2.05) is 12.1 Å². The minimum Gasteiger partial charge on any atom is -0.294 e. The molecule has 0 saturated heterocycles. The van der Waals surface area contributed by atoms with Crippen molar-refractivity contribution in [2.24, 2.45) is 0 Å². The first kappa shape index (κ1) is 13.9. The smallest absolute Gasteiger partial charge is 0.167 e. The molecule has 1 aliphatic rings. The number of halogens is 2. The maximum absolute atomic E-state index is 13.6. The average Bonchev–Trinajstić information content (AvgIpc) is 2.43. The van der Waals surface area contributed by atoms with E-state index in [0.717, 1.165) is 6.07 Å². The minimum absolute atomic E-state index is 0.100. The maximum atomic E-state index is 13.6. The number of hydrogen-bond acceptors (Lipinski definition) is 1. The second kappa shape index (κ2) is 5.76. The van der Waals surface area contributed by atoms with E-state index in [-0.39, 0.29) is 17.8 Å². The molecule has 0 aliphatic heterocycles. The molecule has 1 fully saturated rings. The standard InChI is InChI=1S/C18H16F2O/c19-16-6-2-5-15(18(16)20)11-17(21)14-9-7-13(8-10-14)12-3-1-4-12/h2,5-10,12H,1,3-4,11H2. The van der Waals surface area contributed by atoms with Gasteiger partial charge in [-0.1, -0.05) is 42.8 Å². The van der Waals surface area contributed by atoms with Crippen LogP contribution in [0.25, 0.3) is 0 Å². The molecule has 0 radical (unpaired) electrons. The third kappa shape index (κ3) is 2.87. The number of carbonyl (C=O) groups is 1. The second-order valence-electron chi connectivity index (χ2n) is 5.56. The number of rotatable bonds is 4. The molecular weight excluding hydrogens is 270 g/mol. The third-order valence-electron chi connectivity index (χ3n) is 4.19. The van der Waals surface area contributed by atoms with Gasteiger partial charge < -0.3 is 0 Å². The fourth-order valence-corrected chi connectivity index (χ4v) is 2.64. The molecule has 3 heteroatoms. The summed E-state index contributed by atoms with van der Waals surface area (Å²) < 4.78 is 26.7. The Morgan fingerprint density at radius 1 is 1.05 bits per heavy atom. The zero-order chi connectivity index (χ0) is 14.8. The molecule has 3 rings (SSSR count). The van der Waals surface area contributed by atoms with Crippen molar-refractivity contribution >= 4 is 5.78 Å². The first-order valence-electron chi connectivity index (χ1n) is 7.21. The van der Waals surface area contributed by atoms with Gasteiger partial charge in [0.2, 0.25) is 0 Å². The molecule has 1 aliphatic carbocycles. The fourth-order valence-electron chi connectivity index (χ4n) is 2.64. The van der Waals surface area contributed by atoms with Gasteiger partial charge in [0.1, 0.15) is 0 Å². The zero-order valence-corrected chi connectivity index (χ0v) is 11.6. The molecule has 0 unspecified atom stereocenters. The van der Waals surface area contributed by atoms with Crippen molar-refractivity contribution in [2.45, 2.75) is 31.6 Å². The average molecular weight is 286 g/mol. The Labute approximate surface area is 122 Å². The predicted octanol–water partition coefficient (Wildman–Crippen LogP) is 4.66. The molecule has 0 spiro atoms. The Bertz CT molecular complexity index is 657. The molecule has 2 aromatic carbocycles. The summed E-state index contributed by atoms with van der Waals surface area (Å²) in [5, 5.41) is 0. The van der Waals surface area contributed by atoms with Crippen LogP contribution in [0, 0.1) is 11.6 Å². The van der Waals surface area contributed by atoms with Crippen molar-refractivity contribution in [3.8, 4) is 0 Å². The molecule has 0 bridgehead atoms. The Morgan fingerprint density at radius 2 is 1.76 bits per heavy atom. The number of ketones is 1. The quantitative estimate of drug-likeness (QED) is 0.747. The Kier molecular flexibility index (Phi) is 3.82. The van der Waals surface area contributed by atoms with E-state index in [2.05, 4.69) is 0 Å². The number of Topliss-reactive ketones (excluding diaryl/α,β-unsaturated/α-hetero) is 1. The summed E-state index contributed by atoms with van der Waals surface area (Å²) in [6, 6.07) is 11.4. The Balaban J connectivity index is 1.74. The second-order valence-corrected chi connectivity index (χ2v) is 5.56. The zero-order valence-electron chi connectivity index (χ0n) is 11.6. The maximum Gasteiger partial charge on any atom is 0.167 e. The van der Waals surface area contributed by atoms with E-state index in [0.29, 0.717) is 11.5 Å². The van der Waals surface area contributed by atoms with Crippen LogP contribution in [-0.4, -0.2) is 5.78 Å². The molecule has 21 heavy (non-hydrogen) atoms. The van der Waals surface area contributed by atoms with Crippen molar-refractivity contribution < 1.29 is 13.6 Å². The van der Waals surface area contributed by atoms with Crippen LogP contribution < -0.4 is 0 Å². The Morgan fingerprint density at radius 3 is 2.38 bits per heavy atom.